The van der Waals surface area contributed by atoms with Gasteiger partial charge in [-0.05, 0) is 67.4 Å². The zero-order valence-electron chi connectivity index (χ0n) is 27.9. The quantitative estimate of drug-likeness (QED) is 0.388. The Morgan fingerprint density at radius 1 is 1.18 bits per heavy atom. The number of nitrogens with one attached hydrogen (secondary N) is 1. The van der Waals surface area contributed by atoms with Crippen LogP contribution in [0.25, 0.3) is 5.65 Å². The minimum absolute atomic E-state index is 0.0593. The zero-order valence-corrected chi connectivity index (χ0v) is 20.9. The third-order valence-corrected chi connectivity index (χ3v) is 5.85. The molecule has 39 heavy (non-hydrogen) atoms. The van der Waals surface area contributed by atoms with Gasteiger partial charge in [0.1, 0.15) is 5.69 Å². The maximum atomic E-state index is 14.3. The van der Waals surface area contributed by atoms with E-state index in [1.54, 1.807) is 25.1 Å². The van der Waals surface area contributed by atoms with Crippen LogP contribution in [0, 0.1) is 18.8 Å². The van der Waals surface area contributed by atoms with Crippen molar-refractivity contribution >= 4 is 17.2 Å². The number of carbonyl (C=O) groups excluding carboxylic acids is 1. The largest absolute Gasteiger partial charge is 0.416 e. The fourth-order valence-electron chi connectivity index (χ4n) is 3.74. The Kier molecular flexibility index (Phi) is 5.29. The lowest BCUT2D eigenvalue weighted by Gasteiger charge is -2.33. The maximum absolute atomic E-state index is 14.3. The second kappa shape index (κ2) is 10.9. The van der Waals surface area contributed by atoms with Gasteiger partial charge in [0.05, 0.1) is 13.1 Å². The number of nitrogens with zero attached hydrogens (tertiary/aromatic N) is 5. The molecule has 7 nitrogen and oxygen atoms in total. The molecule has 1 aliphatic heterocycles. The van der Waals surface area contributed by atoms with Gasteiger partial charge in [-0.1, -0.05) is 18.1 Å². The van der Waals surface area contributed by atoms with Crippen LogP contribution >= 0.6 is 0 Å². The number of imidazole rings is 1. The zero-order chi connectivity index (χ0) is 33.8. The number of hydrogen-bond donors (Lipinski definition) is 1. The van der Waals surface area contributed by atoms with E-state index in [2.05, 4.69) is 27.2 Å². The molecule has 0 spiro atoms. The van der Waals surface area contributed by atoms with E-state index in [0.717, 1.165) is 12.1 Å². The lowest BCUT2D eigenvalue weighted by molar-refractivity contribution is -0.138. The Hall–Kier alpha value is -4.20. The van der Waals surface area contributed by atoms with Crippen molar-refractivity contribution in [1.82, 2.24) is 24.4 Å². The molecule has 0 aliphatic carbocycles. The van der Waals surface area contributed by atoms with Gasteiger partial charge in [0, 0.05) is 63.8 Å². The van der Waals surface area contributed by atoms with Gasteiger partial charge in [-0.25, -0.2) is 9.50 Å². The number of anilines is 1. The van der Waals surface area contributed by atoms with E-state index < -0.39 is 55.8 Å². The molecule has 3 heterocycles. The summed E-state index contributed by atoms with van der Waals surface area (Å²) in [6.45, 7) is -7.69. The Labute approximate surface area is 234 Å². The number of rotatable bonds is 4. The highest BCUT2D eigenvalue weighted by Crippen LogP contribution is 2.34. The van der Waals surface area contributed by atoms with Crippen molar-refractivity contribution in [2.45, 2.75) is 19.6 Å². The molecule has 1 fully saturated rings. The van der Waals surface area contributed by atoms with Crippen molar-refractivity contribution in [3.05, 3.63) is 94.4 Å². The lowest BCUT2D eigenvalue weighted by Crippen LogP contribution is -2.44. The monoisotopic (exact) mass is 539 g/mol. The highest BCUT2D eigenvalue weighted by Gasteiger charge is 2.34. The molecule has 2 aromatic carbocycles. The Morgan fingerprint density at radius 2 is 1.97 bits per heavy atom. The van der Waals surface area contributed by atoms with Crippen molar-refractivity contribution in [3.8, 4) is 11.8 Å². The Morgan fingerprint density at radius 3 is 2.74 bits per heavy atom. The molecule has 10 heteroatoms. The van der Waals surface area contributed by atoms with Crippen LogP contribution in [0.5, 0.6) is 0 Å². The number of piperazine rings is 1. The van der Waals surface area contributed by atoms with Crippen molar-refractivity contribution in [3.63, 3.8) is 0 Å². The van der Waals surface area contributed by atoms with Crippen LogP contribution in [0.15, 0.2) is 60.9 Å². The van der Waals surface area contributed by atoms with E-state index in [9.17, 15) is 18.0 Å². The first kappa shape index (κ1) is 19.0. The fourth-order valence-corrected chi connectivity index (χ4v) is 3.74. The second-order valence-corrected chi connectivity index (χ2v) is 8.79. The SMILES string of the molecule is [2H]c1nc2cccnn2c1C#Cc1cc(C(=O)Nc2ccc(C([2H])([2H])N3C([2H])([2H])CN(C)CC3([2H])[2H])c(C(F)(F)F)c2)ccc1C. The number of carbonyl (C=O) groups is 1. The smallest absolute Gasteiger partial charge is 0.322 e. The number of alkyl halides is 3. The molecule has 0 saturated carbocycles. The Bertz CT molecular complexity index is 1880. The van der Waals surface area contributed by atoms with Crippen LogP contribution in [0.1, 0.15) is 47.9 Å². The van der Waals surface area contributed by atoms with E-state index in [4.69, 9.17) is 9.60 Å². The van der Waals surface area contributed by atoms with Crippen LogP contribution in [-0.4, -0.2) is 63.4 Å². The van der Waals surface area contributed by atoms with Gasteiger partial charge in [0.15, 0.2) is 5.65 Å². The third-order valence-electron chi connectivity index (χ3n) is 5.85. The summed E-state index contributed by atoms with van der Waals surface area (Å²) in [6.07, 6.45) is -3.71. The lowest BCUT2D eigenvalue weighted by atomic mass is 10.0. The van der Waals surface area contributed by atoms with E-state index in [-0.39, 0.29) is 28.0 Å². The topological polar surface area (TPSA) is 65.8 Å². The normalized spacial score (nSPS) is 20.3. The van der Waals surface area contributed by atoms with Crippen LogP contribution in [0.3, 0.4) is 0 Å². The van der Waals surface area contributed by atoms with Gasteiger partial charge >= 0.3 is 6.18 Å². The summed E-state index contributed by atoms with van der Waals surface area (Å²) in [5.74, 6) is 4.96. The molecule has 2 aromatic heterocycles. The van der Waals surface area contributed by atoms with E-state index in [1.807, 2.05) is 0 Å². The standard InChI is InChI=1S/C29H27F3N6O/c1-20-5-6-22(16-21(20)8-10-25-18-33-27-4-3-11-34-38(25)27)28(39)35-24-9-7-23(26(17-24)29(30,31)32)19-37-14-12-36(2)13-15-37/h3-7,9,11,16-18H,12-15,19H2,1-2H3,(H,35,39)/i14D2,15D2,18D,19D2. The first-order valence-corrected chi connectivity index (χ1v) is 11.8. The first-order valence-electron chi connectivity index (χ1n) is 15.3. The molecule has 1 saturated heterocycles. The number of benzene rings is 2. The van der Waals surface area contributed by atoms with Crippen LogP contribution in [0.4, 0.5) is 18.9 Å². The van der Waals surface area contributed by atoms with Gasteiger partial charge in [-0.3, -0.25) is 9.69 Å². The Balaban J connectivity index is 1.46. The van der Waals surface area contributed by atoms with Gasteiger partial charge in [0.25, 0.3) is 5.91 Å². The summed E-state index contributed by atoms with van der Waals surface area (Å²) in [5, 5.41) is 6.53. The predicted molar refractivity (Wildman–Crippen MR) is 142 cm³/mol. The van der Waals surface area contributed by atoms with Crippen LogP contribution in [0.2, 0.25) is 0 Å². The van der Waals surface area contributed by atoms with Crippen LogP contribution in [-0.2, 0) is 12.7 Å². The summed E-state index contributed by atoms with van der Waals surface area (Å²) in [4.78, 5) is 18.7. The minimum atomic E-state index is -5.13. The molecule has 0 bridgehead atoms. The summed E-state index contributed by atoms with van der Waals surface area (Å²) in [5.41, 5.74) is -1.00. The molecule has 0 radical (unpaired) electrons. The van der Waals surface area contributed by atoms with Crippen molar-refractivity contribution in [1.29, 1.82) is 0 Å². The highest BCUT2D eigenvalue weighted by atomic mass is 19.4. The van der Waals surface area contributed by atoms with E-state index >= 15 is 0 Å². The fraction of sp³-hybridized carbons (Fsp3) is 0.276. The molecule has 0 unspecified atom stereocenters. The molecule has 1 aliphatic rings. The van der Waals surface area contributed by atoms with Gasteiger partial charge in [-0.2, -0.15) is 18.3 Å². The number of likely N-dealkylation sites (N-methyl/N-ethyl adjacent to an activating group) is 1. The summed E-state index contributed by atoms with van der Waals surface area (Å²) >= 11 is 0. The van der Waals surface area contributed by atoms with E-state index in [1.165, 1.54) is 34.8 Å². The first-order chi connectivity index (χ1) is 21.3. The van der Waals surface area contributed by atoms with Crippen molar-refractivity contribution in [2.24, 2.45) is 0 Å². The molecule has 1 N–H and O–H groups in total. The predicted octanol–water partition coefficient (Wildman–Crippen LogP) is 4.46. The average molecular weight is 540 g/mol. The molecule has 1 amide bonds. The van der Waals surface area contributed by atoms with Gasteiger partial charge in [0.2, 0.25) is 0 Å². The van der Waals surface area contributed by atoms with Gasteiger partial charge in [-0.15, -0.1) is 0 Å². The molecule has 4 aromatic rings. The number of fused-ring (bicyclic) bond motifs is 1. The molecular weight excluding hydrogens is 505 g/mol. The minimum Gasteiger partial charge on any atom is -0.322 e. The molecule has 5 rings (SSSR count). The summed E-state index contributed by atoms with van der Waals surface area (Å²) in [6, 6.07) is 10.2. The van der Waals surface area contributed by atoms with Gasteiger partial charge < -0.3 is 10.2 Å². The number of halogens is 3. The maximum Gasteiger partial charge on any atom is 0.416 e. The summed E-state index contributed by atoms with van der Waals surface area (Å²) < 4.78 is 103. The number of aryl methyl sites for hydroxylation is 1. The number of amides is 1. The summed E-state index contributed by atoms with van der Waals surface area (Å²) in [7, 11) is 1.43. The second-order valence-electron chi connectivity index (χ2n) is 8.79. The van der Waals surface area contributed by atoms with E-state index in [0.29, 0.717) is 22.8 Å². The van der Waals surface area contributed by atoms with Crippen molar-refractivity contribution in [2.75, 3.05) is 38.4 Å². The average Bonchev–Trinajstić information content (AvgIpc) is 3.24. The molecular formula is C29H27F3N6O. The van der Waals surface area contributed by atoms with Crippen LogP contribution < -0.4 is 5.32 Å². The third kappa shape index (κ3) is 6.11. The number of hydrogen-bond acceptors (Lipinski definition) is 5. The molecule has 200 valence electrons. The molecule has 0 atom stereocenters. The number of aromatic nitrogens is 3. The van der Waals surface area contributed by atoms with Crippen molar-refractivity contribution < 1.29 is 27.6 Å². The highest BCUT2D eigenvalue weighted by molar-refractivity contribution is 6.04.